The lowest BCUT2D eigenvalue weighted by molar-refractivity contribution is -0.171. The van der Waals surface area contributed by atoms with Gasteiger partial charge in [0, 0.05) is 6.42 Å². The SMILES string of the molecule is O=C(CCCCOc1cccc(F)c1F)C(F)(F)F. The Balaban J connectivity index is 2.29. The van der Waals surface area contributed by atoms with Crippen LogP contribution in [0.15, 0.2) is 18.2 Å². The molecular formula is C12H11F5O2. The van der Waals surface area contributed by atoms with Crippen molar-refractivity contribution in [2.24, 2.45) is 0 Å². The first kappa shape index (κ1) is 15.4. The van der Waals surface area contributed by atoms with Crippen molar-refractivity contribution >= 4 is 5.78 Å². The summed E-state index contributed by atoms with van der Waals surface area (Å²) >= 11 is 0. The molecule has 0 heterocycles. The van der Waals surface area contributed by atoms with Crippen molar-refractivity contribution in [2.75, 3.05) is 6.61 Å². The molecule has 0 aromatic heterocycles. The van der Waals surface area contributed by atoms with E-state index in [1.165, 1.54) is 12.1 Å². The molecule has 1 aromatic carbocycles. The van der Waals surface area contributed by atoms with Crippen molar-refractivity contribution in [1.82, 2.24) is 0 Å². The molecule has 2 nitrogen and oxygen atoms in total. The highest BCUT2D eigenvalue weighted by atomic mass is 19.4. The molecule has 7 heteroatoms. The zero-order chi connectivity index (χ0) is 14.5. The van der Waals surface area contributed by atoms with Crippen LogP contribution in [0.25, 0.3) is 0 Å². The van der Waals surface area contributed by atoms with Crippen LogP contribution in [0.3, 0.4) is 0 Å². The van der Waals surface area contributed by atoms with Gasteiger partial charge in [-0.05, 0) is 25.0 Å². The number of hydrogen-bond acceptors (Lipinski definition) is 2. The Bertz CT molecular complexity index is 442. The van der Waals surface area contributed by atoms with Crippen molar-refractivity contribution in [1.29, 1.82) is 0 Å². The summed E-state index contributed by atoms with van der Waals surface area (Å²) in [5, 5.41) is 0. The van der Waals surface area contributed by atoms with E-state index >= 15 is 0 Å². The van der Waals surface area contributed by atoms with E-state index in [4.69, 9.17) is 4.74 Å². The molecule has 0 amide bonds. The predicted molar refractivity (Wildman–Crippen MR) is 56.8 cm³/mol. The number of rotatable bonds is 6. The number of hydrogen-bond donors (Lipinski definition) is 0. The number of ketones is 1. The molecule has 0 unspecified atom stereocenters. The van der Waals surface area contributed by atoms with Gasteiger partial charge in [0.15, 0.2) is 11.6 Å². The molecule has 0 aliphatic rings. The topological polar surface area (TPSA) is 26.3 Å². The fourth-order valence-electron chi connectivity index (χ4n) is 1.31. The maximum absolute atomic E-state index is 13.1. The van der Waals surface area contributed by atoms with E-state index in [-0.39, 0.29) is 25.2 Å². The molecule has 1 rings (SSSR count). The average molecular weight is 282 g/mol. The third kappa shape index (κ3) is 4.84. The molecule has 0 saturated carbocycles. The summed E-state index contributed by atoms with van der Waals surface area (Å²) in [5.41, 5.74) is 0. The highest BCUT2D eigenvalue weighted by Crippen LogP contribution is 2.21. The largest absolute Gasteiger partial charge is 0.490 e. The van der Waals surface area contributed by atoms with Gasteiger partial charge in [0.2, 0.25) is 11.6 Å². The first-order valence-electron chi connectivity index (χ1n) is 5.49. The van der Waals surface area contributed by atoms with E-state index < -0.39 is 30.0 Å². The molecule has 0 saturated heterocycles. The van der Waals surface area contributed by atoms with Crippen LogP contribution in [0.4, 0.5) is 22.0 Å². The summed E-state index contributed by atoms with van der Waals surface area (Å²) in [4.78, 5) is 10.5. The quantitative estimate of drug-likeness (QED) is 0.588. The molecule has 0 N–H and O–H groups in total. The Hall–Kier alpha value is -1.66. The van der Waals surface area contributed by atoms with Crippen LogP contribution in [-0.4, -0.2) is 18.6 Å². The van der Waals surface area contributed by atoms with Crippen molar-refractivity contribution in [3.8, 4) is 5.75 Å². The predicted octanol–water partition coefficient (Wildman–Crippen LogP) is 3.65. The van der Waals surface area contributed by atoms with E-state index in [1.807, 2.05) is 0 Å². The van der Waals surface area contributed by atoms with Crippen molar-refractivity contribution in [2.45, 2.75) is 25.4 Å². The number of ether oxygens (including phenoxy) is 1. The lowest BCUT2D eigenvalue weighted by Crippen LogP contribution is -2.22. The Morgan fingerprint density at radius 1 is 1.16 bits per heavy atom. The van der Waals surface area contributed by atoms with Gasteiger partial charge in [0.25, 0.3) is 0 Å². The second kappa shape index (κ2) is 6.49. The second-order valence-corrected chi connectivity index (χ2v) is 3.78. The number of carbonyl (C=O) groups is 1. The monoisotopic (exact) mass is 282 g/mol. The van der Waals surface area contributed by atoms with E-state index in [1.54, 1.807) is 0 Å². The average Bonchev–Trinajstić information content (AvgIpc) is 2.32. The number of alkyl halides is 3. The number of benzene rings is 1. The maximum Gasteiger partial charge on any atom is 0.449 e. The summed E-state index contributed by atoms with van der Waals surface area (Å²) in [7, 11) is 0. The third-order valence-electron chi connectivity index (χ3n) is 2.29. The van der Waals surface area contributed by atoms with E-state index in [0.717, 1.165) is 6.07 Å². The first-order chi connectivity index (χ1) is 8.82. The first-order valence-corrected chi connectivity index (χ1v) is 5.49. The van der Waals surface area contributed by atoms with Crippen LogP contribution in [0.2, 0.25) is 0 Å². The summed E-state index contributed by atoms with van der Waals surface area (Å²) in [6.07, 6.45) is -5.36. The van der Waals surface area contributed by atoms with Crippen LogP contribution >= 0.6 is 0 Å². The molecule has 0 fully saturated rings. The minimum atomic E-state index is -4.82. The van der Waals surface area contributed by atoms with E-state index in [0.29, 0.717) is 0 Å². The Labute approximate surface area is 106 Å². The lowest BCUT2D eigenvalue weighted by Gasteiger charge is -2.08. The van der Waals surface area contributed by atoms with Crippen molar-refractivity contribution in [3.63, 3.8) is 0 Å². The molecule has 106 valence electrons. The zero-order valence-electron chi connectivity index (χ0n) is 9.77. The summed E-state index contributed by atoms with van der Waals surface area (Å²) < 4.78 is 66.3. The number of carbonyl (C=O) groups excluding carboxylic acids is 1. The standard InChI is InChI=1S/C12H11F5O2/c13-8-4-3-5-9(11(8)14)19-7-2-1-6-10(18)12(15,16)17/h3-5H,1-2,6-7H2. The molecule has 0 radical (unpaired) electrons. The number of unbranched alkanes of at least 4 members (excludes halogenated alkanes) is 1. The van der Waals surface area contributed by atoms with Gasteiger partial charge in [-0.15, -0.1) is 0 Å². The molecule has 0 spiro atoms. The lowest BCUT2D eigenvalue weighted by atomic mass is 10.2. The molecular weight excluding hydrogens is 271 g/mol. The molecule has 19 heavy (non-hydrogen) atoms. The fourth-order valence-corrected chi connectivity index (χ4v) is 1.31. The van der Waals surface area contributed by atoms with Gasteiger partial charge < -0.3 is 4.74 Å². The van der Waals surface area contributed by atoms with Gasteiger partial charge in [-0.1, -0.05) is 6.07 Å². The highest BCUT2D eigenvalue weighted by Gasteiger charge is 2.37. The molecule has 0 aliphatic heterocycles. The maximum atomic E-state index is 13.1. The van der Waals surface area contributed by atoms with Gasteiger partial charge >= 0.3 is 6.18 Å². The van der Waals surface area contributed by atoms with Gasteiger partial charge in [0.05, 0.1) is 6.61 Å². The smallest absolute Gasteiger partial charge is 0.449 e. The summed E-state index contributed by atoms with van der Waals surface area (Å²) in [6.45, 7) is -0.0918. The number of halogens is 5. The van der Waals surface area contributed by atoms with Crippen LogP contribution in [-0.2, 0) is 4.79 Å². The summed E-state index contributed by atoms with van der Waals surface area (Å²) in [5.74, 6) is -4.31. The normalized spacial score (nSPS) is 11.4. The van der Waals surface area contributed by atoms with Gasteiger partial charge in [-0.3, -0.25) is 4.79 Å². The molecule has 0 atom stereocenters. The Kier molecular flexibility index (Phi) is 5.26. The Morgan fingerprint density at radius 2 is 1.84 bits per heavy atom. The van der Waals surface area contributed by atoms with Gasteiger partial charge in [0.1, 0.15) is 0 Å². The Morgan fingerprint density at radius 3 is 2.47 bits per heavy atom. The van der Waals surface area contributed by atoms with Crippen molar-refractivity contribution < 1.29 is 31.5 Å². The second-order valence-electron chi connectivity index (χ2n) is 3.78. The van der Waals surface area contributed by atoms with Crippen LogP contribution in [0, 0.1) is 11.6 Å². The van der Waals surface area contributed by atoms with Gasteiger partial charge in [-0.2, -0.15) is 17.6 Å². The highest BCUT2D eigenvalue weighted by molar-refractivity contribution is 5.83. The van der Waals surface area contributed by atoms with Crippen LogP contribution in [0.5, 0.6) is 5.75 Å². The van der Waals surface area contributed by atoms with Crippen molar-refractivity contribution in [3.05, 3.63) is 29.8 Å². The fraction of sp³-hybridized carbons (Fsp3) is 0.417. The van der Waals surface area contributed by atoms with E-state index in [9.17, 15) is 26.7 Å². The van der Waals surface area contributed by atoms with Gasteiger partial charge in [-0.25, -0.2) is 4.39 Å². The minimum Gasteiger partial charge on any atom is -0.490 e. The third-order valence-corrected chi connectivity index (χ3v) is 2.29. The zero-order valence-corrected chi connectivity index (χ0v) is 9.77. The van der Waals surface area contributed by atoms with Crippen LogP contribution in [0.1, 0.15) is 19.3 Å². The number of Topliss-reactive ketones (excluding diaryl/α,β-unsaturated/α-hetero) is 1. The molecule has 0 bridgehead atoms. The summed E-state index contributed by atoms with van der Waals surface area (Å²) in [6, 6.07) is 3.38. The molecule has 0 aliphatic carbocycles. The molecule has 1 aromatic rings. The van der Waals surface area contributed by atoms with Crippen LogP contribution < -0.4 is 4.74 Å². The van der Waals surface area contributed by atoms with E-state index in [2.05, 4.69) is 0 Å². The minimum absolute atomic E-state index is 0.0325.